The number of nitrogens with zero attached hydrogens (tertiary/aromatic N) is 1. The molecular formula is C22H24N2O5. The van der Waals surface area contributed by atoms with Crippen LogP contribution in [0.5, 0.6) is 0 Å². The van der Waals surface area contributed by atoms with Crippen molar-refractivity contribution >= 4 is 24.0 Å². The molecule has 0 bridgehead atoms. The second-order valence-electron chi connectivity index (χ2n) is 6.22. The molecule has 0 atom stereocenters. The van der Waals surface area contributed by atoms with Crippen LogP contribution in [0.15, 0.2) is 60.7 Å². The van der Waals surface area contributed by atoms with Gasteiger partial charge in [0.25, 0.3) is 5.91 Å². The molecule has 7 heteroatoms. The molecule has 29 heavy (non-hydrogen) atoms. The van der Waals surface area contributed by atoms with Gasteiger partial charge in [0.15, 0.2) is 0 Å². The fourth-order valence-corrected chi connectivity index (χ4v) is 2.54. The van der Waals surface area contributed by atoms with Crippen LogP contribution >= 0.6 is 0 Å². The molecule has 0 radical (unpaired) electrons. The number of methoxy groups -OCH3 is 1. The fraction of sp³-hybridized carbons (Fsp3) is 0.227. The van der Waals surface area contributed by atoms with Gasteiger partial charge in [-0.2, -0.15) is 0 Å². The average Bonchev–Trinajstić information content (AvgIpc) is 2.76. The number of aliphatic hydroxyl groups is 1. The summed E-state index contributed by atoms with van der Waals surface area (Å²) < 4.78 is 4.55. The predicted molar refractivity (Wildman–Crippen MR) is 109 cm³/mol. The quantitative estimate of drug-likeness (QED) is 0.528. The van der Waals surface area contributed by atoms with E-state index in [1.807, 2.05) is 24.3 Å². The Morgan fingerprint density at radius 3 is 2.38 bits per heavy atom. The lowest BCUT2D eigenvalue weighted by atomic mass is 10.1. The zero-order valence-corrected chi connectivity index (χ0v) is 16.2. The zero-order chi connectivity index (χ0) is 21.1. The molecule has 2 rings (SSSR count). The van der Waals surface area contributed by atoms with E-state index in [1.165, 1.54) is 18.1 Å². The van der Waals surface area contributed by atoms with Crippen LogP contribution in [-0.2, 0) is 16.1 Å². The number of carbonyl (C=O) groups is 3. The number of benzene rings is 2. The fourth-order valence-electron chi connectivity index (χ4n) is 2.54. The van der Waals surface area contributed by atoms with Crippen molar-refractivity contribution in [2.45, 2.75) is 13.0 Å². The van der Waals surface area contributed by atoms with Gasteiger partial charge in [-0.3, -0.25) is 10.1 Å². The monoisotopic (exact) mass is 396 g/mol. The second-order valence-corrected chi connectivity index (χ2v) is 6.22. The van der Waals surface area contributed by atoms with Crippen LogP contribution in [0.4, 0.5) is 4.79 Å². The first-order valence-electron chi connectivity index (χ1n) is 9.14. The van der Waals surface area contributed by atoms with Crippen LogP contribution in [0, 0.1) is 0 Å². The van der Waals surface area contributed by atoms with Gasteiger partial charge in [0.2, 0.25) is 0 Å². The van der Waals surface area contributed by atoms with E-state index >= 15 is 0 Å². The van der Waals surface area contributed by atoms with Crippen LogP contribution in [0.3, 0.4) is 0 Å². The Morgan fingerprint density at radius 1 is 1.07 bits per heavy atom. The number of imide groups is 1. The van der Waals surface area contributed by atoms with Gasteiger partial charge in [-0.05, 0) is 35.8 Å². The van der Waals surface area contributed by atoms with Gasteiger partial charge in [0.1, 0.15) is 0 Å². The molecule has 152 valence electrons. The minimum absolute atomic E-state index is 0.0618. The maximum atomic E-state index is 12.6. The highest BCUT2D eigenvalue weighted by Gasteiger charge is 2.17. The first-order valence-corrected chi connectivity index (χ1v) is 9.14. The van der Waals surface area contributed by atoms with Gasteiger partial charge in [-0.15, -0.1) is 0 Å². The lowest BCUT2D eigenvalue weighted by Gasteiger charge is -2.22. The van der Waals surface area contributed by atoms with Gasteiger partial charge in [-0.1, -0.05) is 42.5 Å². The second kappa shape index (κ2) is 11.4. The highest BCUT2D eigenvalue weighted by Crippen LogP contribution is 2.10. The molecule has 0 aliphatic carbocycles. The number of aliphatic hydroxyl groups excluding tert-OH is 1. The summed E-state index contributed by atoms with van der Waals surface area (Å²) in [5.74, 6) is -0.920. The van der Waals surface area contributed by atoms with Crippen molar-refractivity contribution in [2.24, 2.45) is 0 Å². The van der Waals surface area contributed by atoms with E-state index in [1.54, 1.807) is 36.4 Å². The predicted octanol–water partition coefficient (Wildman–Crippen LogP) is 2.61. The summed E-state index contributed by atoms with van der Waals surface area (Å²) in [5.41, 5.74) is 2.05. The Kier molecular flexibility index (Phi) is 8.59. The largest absolute Gasteiger partial charge is 0.466 e. The molecule has 2 N–H and O–H groups in total. The SMILES string of the molecule is COC(=O)/C=C/c1ccc(CN(CCCO)C(=O)NC(=O)c2ccccc2)cc1. The summed E-state index contributed by atoms with van der Waals surface area (Å²) >= 11 is 0. The van der Waals surface area contributed by atoms with Gasteiger partial charge >= 0.3 is 12.0 Å². The van der Waals surface area contributed by atoms with Crippen molar-refractivity contribution in [3.63, 3.8) is 0 Å². The number of carbonyl (C=O) groups excluding carboxylic acids is 3. The van der Waals surface area contributed by atoms with Crippen molar-refractivity contribution in [3.05, 3.63) is 77.4 Å². The molecule has 0 unspecified atom stereocenters. The Bertz CT molecular complexity index is 847. The molecule has 0 saturated carbocycles. The standard InChI is InChI=1S/C22H24N2O5/c1-29-20(26)13-12-17-8-10-18(11-9-17)16-24(14-5-15-25)22(28)23-21(27)19-6-3-2-4-7-19/h2-4,6-13,25H,5,14-16H2,1H3,(H,23,27,28)/b13-12+. The molecule has 2 aromatic rings. The van der Waals surface area contributed by atoms with E-state index in [9.17, 15) is 14.4 Å². The van der Waals surface area contributed by atoms with Crippen LogP contribution < -0.4 is 5.32 Å². The first-order chi connectivity index (χ1) is 14.0. The molecule has 0 saturated heterocycles. The topological polar surface area (TPSA) is 95.9 Å². The smallest absolute Gasteiger partial charge is 0.330 e. The number of esters is 1. The number of hydrogen-bond donors (Lipinski definition) is 2. The van der Waals surface area contributed by atoms with E-state index in [0.717, 1.165) is 11.1 Å². The maximum absolute atomic E-state index is 12.6. The van der Waals surface area contributed by atoms with Gasteiger partial charge < -0.3 is 14.7 Å². The molecule has 0 spiro atoms. The molecular weight excluding hydrogens is 372 g/mol. The molecule has 0 fully saturated rings. The number of ether oxygens (including phenoxy) is 1. The number of amides is 3. The Balaban J connectivity index is 2.03. The number of nitrogens with one attached hydrogen (secondary N) is 1. The highest BCUT2D eigenvalue weighted by molar-refractivity contribution is 6.04. The normalized spacial score (nSPS) is 10.6. The molecule has 7 nitrogen and oxygen atoms in total. The Labute approximate surface area is 169 Å². The minimum atomic E-state index is -0.526. The van der Waals surface area contributed by atoms with Gasteiger partial charge in [0, 0.05) is 31.3 Å². The molecule has 0 aliphatic heterocycles. The summed E-state index contributed by atoms with van der Waals surface area (Å²) in [7, 11) is 1.31. The van der Waals surface area contributed by atoms with E-state index in [4.69, 9.17) is 5.11 Å². The first kappa shape index (κ1) is 21.8. The third-order valence-corrected chi connectivity index (χ3v) is 4.10. The van der Waals surface area contributed by atoms with Crippen molar-refractivity contribution < 1.29 is 24.2 Å². The Hall–Kier alpha value is -3.45. The van der Waals surface area contributed by atoms with Crippen LogP contribution in [-0.4, -0.2) is 48.2 Å². The summed E-state index contributed by atoms with van der Waals surface area (Å²) in [6.07, 6.45) is 3.35. The van der Waals surface area contributed by atoms with Crippen LogP contribution in [0.25, 0.3) is 6.08 Å². The summed E-state index contributed by atoms with van der Waals surface area (Å²) in [4.78, 5) is 37.4. The van der Waals surface area contributed by atoms with Crippen molar-refractivity contribution in [3.8, 4) is 0 Å². The molecule has 0 aliphatic rings. The molecule has 2 aromatic carbocycles. The van der Waals surface area contributed by atoms with E-state index in [2.05, 4.69) is 10.1 Å². The summed E-state index contributed by atoms with van der Waals surface area (Å²) in [5, 5.41) is 11.5. The molecule has 3 amide bonds. The van der Waals surface area contributed by atoms with Crippen molar-refractivity contribution in [2.75, 3.05) is 20.3 Å². The van der Waals surface area contributed by atoms with Crippen molar-refractivity contribution in [1.29, 1.82) is 0 Å². The lowest BCUT2D eigenvalue weighted by molar-refractivity contribution is -0.134. The van der Waals surface area contributed by atoms with E-state index in [0.29, 0.717) is 18.5 Å². The highest BCUT2D eigenvalue weighted by atomic mass is 16.5. The van der Waals surface area contributed by atoms with E-state index < -0.39 is 17.9 Å². The zero-order valence-electron chi connectivity index (χ0n) is 16.2. The van der Waals surface area contributed by atoms with Gasteiger partial charge in [-0.25, -0.2) is 9.59 Å². The minimum Gasteiger partial charge on any atom is -0.466 e. The number of rotatable bonds is 8. The van der Waals surface area contributed by atoms with E-state index in [-0.39, 0.29) is 13.2 Å². The Morgan fingerprint density at radius 2 is 1.76 bits per heavy atom. The lowest BCUT2D eigenvalue weighted by Crippen LogP contribution is -2.43. The molecule has 0 heterocycles. The number of urea groups is 1. The summed E-state index contributed by atoms with van der Waals surface area (Å²) in [6, 6.07) is 15.2. The average molecular weight is 396 g/mol. The third kappa shape index (κ3) is 7.23. The molecule has 0 aromatic heterocycles. The van der Waals surface area contributed by atoms with Crippen molar-refractivity contribution in [1.82, 2.24) is 10.2 Å². The maximum Gasteiger partial charge on any atom is 0.330 e. The third-order valence-electron chi connectivity index (χ3n) is 4.10. The summed E-state index contributed by atoms with van der Waals surface area (Å²) in [6.45, 7) is 0.511. The van der Waals surface area contributed by atoms with Crippen LogP contribution in [0.1, 0.15) is 27.9 Å². The van der Waals surface area contributed by atoms with Gasteiger partial charge in [0.05, 0.1) is 7.11 Å². The van der Waals surface area contributed by atoms with Crippen LogP contribution in [0.2, 0.25) is 0 Å². The number of hydrogen-bond acceptors (Lipinski definition) is 5.